The zero-order valence-corrected chi connectivity index (χ0v) is 21.0. The van der Waals surface area contributed by atoms with Crippen molar-refractivity contribution in [2.75, 3.05) is 50.6 Å². The molecule has 0 radical (unpaired) electrons. The summed E-state index contributed by atoms with van der Waals surface area (Å²) in [7, 11) is 3.17. The molecule has 8 heteroatoms. The second-order valence-electron chi connectivity index (χ2n) is 8.86. The van der Waals surface area contributed by atoms with Crippen molar-refractivity contribution in [1.82, 2.24) is 14.9 Å². The molecule has 0 saturated carbocycles. The number of benzene rings is 2. The first-order chi connectivity index (χ1) is 16.9. The van der Waals surface area contributed by atoms with E-state index in [2.05, 4.69) is 31.0 Å². The van der Waals surface area contributed by atoms with Crippen LogP contribution in [0, 0.1) is 6.92 Å². The van der Waals surface area contributed by atoms with Crippen molar-refractivity contribution in [1.29, 1.82) is 0 Å². The number of carbonyl (C=O) groups excluding carboxylic acids is 1. The molecule has 1 aliphatic rings. The van der Waals surface area contributed by atoms with Gasteiger partial charge >= 0.3 is 6.03 Å². The maximum absolute atomic E-state index is 13.0. The summed E-state index contributed by atoms with van der Waals surface area (Å²) in [5.74, 6) is 3.21. The summed E-state index contributed by atoms with van der Waals surface area (Å²) in [5.41, 5.74) is 3.77. The molecule has 2 amide bonds. The number of aromatic nitrogens is 2. The summed E-state index contributed by atoms with van der Waals surface area (Å²) < 4.78 is 10.6. The summed E-state index contributed by atoms with van der Waals surface area (Å²) in [5, 5.41) is 2.97. The first-order valence-corrected chi connectivity index (χ1v) is 11.9. The Balaban J connectivity index is 1.50. The smallest absolute Gasteiger partial charge is 0.322 e. The number of ether oxygens (including phenoxy) is 2. The average Bonchev–Trinajstić information content (AvgIpc) is 2.88. The molecule has 0 bridgehead atoms. The maximum Gasteiger partial charge on any atom is 0.322 e. The van der Waals surface area contributed by atoms with E-state index < -0.39 is 0 Å². The highest BCUT2D eigenvalue weighted by Gasteiger charge is 2.26. The van der Waals surface area contributed by atoms with Gasteiger partial charge in [0.1, 0.15) is 17.3 Å². The van der Waals surface area contributed by atoms with Crippen LogP contribution >= 0.6 is 0 Å². The van der Waals surface area contributed by atoms with Gasteiger partial charge in [-0.1, -0.05) is 44.2 Å². The predicted octanol–water partition coefficient (Wildman–Crippen LogP) is 4.95. The van der Waals surface area contributed by atoms with Crippen molar-refractivity contribution < 1.29 is 14.3 Å². The third-order valence-electron chi connectivity index (χ3n) is 6.24. The number of rotatable bonds is 6. The van der Waals surface area contributed by atoms with E-state index in [0.29, 0.717) is 49.3 Å². The third kappa shape index (κ3) is 5.31. The van der Waals surface area contributed by atoms with Crippen LogP contribution in [0.2, 0.25) is 0 Å². The number of carbonyl (C=O) groups is 1. The lowest BCUT2D eigenvalue weighted by Gasteiger charge is -2.37. The van der Waals surface area contributed by atoms with Crippen molar-refractivity contribution in [3.8, 4) is 22.9 Å². The SMILES string of the molecule is COc1ccc(NC(=O)N2CCN(c3nc(-c4ccccc4)nc(C)c3C(C)C)CC2)c(OC)c1. The highest BCUT2D eigenvalue weighted by Crippen LogP contribution is 2.32. The van der Waals surface area contributed by atoms with Crippen molar-refractivity contribution in [2.45, 2.75) is 26.7 Å². The van der Waals surface area contributed by atoms with Crippen molar-refractivity contribution in [3.63, 3.8) is 0 Å². The second kappa shape index (κ2) is 10.6. The standard InChI is InChI=1S/C27H33N5O3/c1-18(2)24-19(3)28-25(20-9-7-6-8-10-20)30-26(24)31-13-15-32(16-14-31)27(33)29-22-12-11-21(34-4)17-23(22)35-5/h6-12,17-18H,13-16H2,1-5H3,(H,29,33). The number of amides is 2. The summed E-state index contributed by atoms with van der Waals surface area (Å²) in [4.78, 5) is 26.9. The van der Waals surface area contributed by atoms with Crippen LogP contribution in [0.3, 0.4) is 0 Å². The molecule has 4 rings (SSSR count). The van der Waals surface area contributed by atoms with Crippen LogP contribution in [0.5, 0.6) is 11.5 Å². The quantitative estimate of drug-likeness (QED) is 0.544. The van der Waals surface area contributed by atoms with Gasteiger partial charge in [-0.05, 0) is 25.0 Å². The molecule has 3 aromatic rings. The van der Waals surface area contributed by atoms with E-state index in [0.717, 1.165) is 28.5 Å². The van der Waals surface area contributed by atoms with Gasteiger partial charge < -0.3 is 24.6 Å². The lowest BCUT2D eigenvalue weighted by atomic mass is 10.0. The fraction of sp³-hybridized carbons (Fsp3) is 0.370. The summed E-state index contributed by atoms with van der Waals surface area (Å²) in [6, 6.07) is 15.2. The Kier molecular flexibility index (Phi) is 7.39. The fourth-order valence-corrected chi connectivity index (χ4v) is 4.42. The Labute approximate surface area is 206 Å². The van der Waals surface area contributed by atoms with Gasteiger partial charge in [0.05, 0.1) is 19.9 Å². The van der Waals surface area contributed by atoms with Crippen LogP contribution < -0.4 is 19.7 Å². The predicted molar refractivity (Wildman–Crippen MR) is 139 cm³/mol. The van der Waals surface area contributed by atoms with Gasteiger partial charge in [-0.25, -0.2) is 14.8 Å². The molecule has 35 heavy (non-hydrogen) atoms. The van der Waals surface area contributed by atoms with E-state index in [1.165, 1.54) is 0 Å². The molecule has 1 aliphatic heterocycles. The monoisotopic (exact) mass is 475 g/mol. The summed E-state index contributed by atoms with van der Waals surface area (Å²) in [6.07, 6.45) is 0. The van der Waals surface area contributed by atoms with Gasteiger partial charge in [0.25, 0.3) is 0 Å². The molecule has 1 saturated heterocycles. The molecular weight excluding hydrogens is 442 g/mol. The number of aryl methyl sites for hydroxylation is 1. The minimum Gasteiger partial charge on any atom is -0.497 e. The molecule has 0 spiro atoms. The number of piperazine rings is 1. The van der Waals surface area contributed by atoms with E-state index in [4.69, 9.17) is 19.4 Å². The molecule has 184 valence electrons. The third-order valence-corrected chi connectivity index (χ3v) is 6.24. The van der Waals surface area contributed by atoms with Crippen molar-refractivity contribution in [3.05, 3.63) is 59.8 Å². The number of anilines is 2. The van der Waals surface area contributed by atoms with E-state index >= 15 is 0 Å². The minimum atomic E-state index is -0.152. The lowest BCUT2D eigenvalue weighted by molar-refractivity contribution is 0.208. The number of urea groups is 1. The number of methoxy groups -OCH3 is 2. The van der Waals surface area contributed by atoms with Gasteiger partial charge in [0.2, 0.25) is 0 Å². The van der Waals surface area contributed by atoms with Crippen LogP contribution in [0.1, 0.15) is 31.0 Å². The molecular formula is C27H33N5O3. The van der Waals surface area contributed by atoms with Crippen LogP contribution in [0.25, 0.3) is 11.4 Å². The normalized spacial score (nSPS) is 13.7. The van der Waals surface area contributed by atoms with Gasteiger partial charge in [-0.15, -0.1) is 0 Å². The Morgan fingerprint density at radius 2 is 1.69 bits per heavy atom. The molecule has 0 aliphatic carbocycles. The van der Waals surface area contributed by atoms with Crippen molar-refractivity contribution in [2.24, 2.45) is 0 Å². The Bertz CT molecular complexity index is 1170. The Morgan fingerprint density at radius 3 is 2.31 bits per heavy atom. The number of hydrogen-bond donors (Lipinski definition) is 1. The van der Waals surface area contributed by atoms with Gasteiger partial charge in [-0.2, -0.15) is 0 Å². The maximum atomic E-state index is 13.0. The Morgan fingerprint density at radius 1 is 0.971 bits per heavy atom. The number of hydrogen-bond acceptors (Lipinski definition) is 6. The first-order valence-electron chi connectivity index (χ1n) is 11.9. The number of nitrogens with one attached hydrogen (secondary N) is 1. The first kappa shape index (κ1) is 24.3. The van der Waals surface area contributed by atoms with Gasteiger partial charge in [0, 0.05) is 49.1 Å². The molecule has 0 atom stereocenters. The van der Waals surface area contributed by atoms with Crippen molar-refractivity contribution >= 4 is 17.5 Å². The largest absolute Gasteiger partial charge is 0.497 e. The van der Waals surface area contributed by atoms with E-state index in [9.17, 15) is 4.79 Å². The topological polar surface area (TPSA) is 79.8 Å². The van der Waals surface area contributed by atoms with E-state index in [1.807, 2.05) is 35.2 Å². The molecule has 2 heterocycles. The average molecular weight is 476 g/mol. The van der Waals surface area contributed by atoms with Gasteiger partial charge in [-0.3, -0.25) is 0 Å². The second-order valence-corrected chi connectivity index (χ2v) is 8.86. The highest BCUT2D eigenvalue weighted by atomic mass is 16.5. The lowest BCUT2D eigenvalue weighted by Crippen LogP contribution is -2.50. The van der Waals surface area contributed by atoms with E-state index in [1.54, 1.807) is 32.4 Å². The van der Waals surface area contributed by atoms with Crippen LogP contribution in [-0.2, 0) is 0 Å². The minimum absolute atomic E-state index is 0.152. The molecule has 1 fully saturated rings. The fourth-order valence-electron chi connectivity index (χ4n) is 4.42. The van der Waals surface area contributed by atoms with Crippen LogP contribution in [-0.4, -0.2) is 61.3 Å². The van der Waals surface area contributed by atoms with Crippen LogP contribution in [0.15, 0.2) is 48.5 Å². The molecule has 2 aromatic carbocycles. The summed E-state index contributed by atoms with van der Waals surface area (Å²) >= 11 is 0. The summed E-state index contributed by atoms with van der Waals surface area (Å²) in [6.45, 7) is 8.96. The Hall–Kier alpha value is -3.81. The molecule has 8 nitrogen and oxygen atoms in total. The zero-order valence-electron chi connectivity index (χ0n) is 21.0. The highest BCUT2D eigenvalue weighted by molar-refractivity contribution is 5.91. The van der Waals surface area contributed by atoms with Crippen LogP contribution in [0.4, 0.5) is 16.3 Å². The molecule has 0 unspecified atom stereocenters. The number of nitrogens with zero attached hydrogens (tertiary/aromatic N) is 4. The molecule has 1 N–H and O–H groups in total. The zero-order chi connectivity index (χ0) is 24.9. The van der Waals surface area contributed by atoms with Gasteiger partial charge in [0.15, 0.2) is 5.82 Å². The van der Waals surface area contributed by atoms with E-state index in [-0.39, 0.29) is 6.03 Å². The molecule has 1 aromatic heterocycles.